The van der Waals surface area contributed by atoms with Crippen LogP contribution in [0.2, 0.25) is 0 Å². The first kappa shape index (κ1) is 17.9. The molecule has 0 saturated heterocycles. The summed E-state index contributed by atoms with van der Waals surface area (Å²) in [7, 11) is -4.33. The van der Waals surface area contributed by atoms with Crippen molar-refractivity contribution < 1.29 is 26.0 Å². The van der Waals surface area contributed by atoms with Crippen molar-refractivity contribution in [3.63, 3.8) is 0 Å². The van der Waals surface area contributed by atoms with Crippen molar-refractivity contribution >= 4 is 10.0 Å². The summed E-state index contributed by atoms with van der Waals surface area (Å²) in [6.45, 7) is 0.951. The summed E-state index contributed by atoms with van der Waals surface area (Å²) in [6, 6.07) is 2.87. The maximum absolute atomic E-state index is 13.5. The second-order valence-electron chi connectivity index (χ2n) is 4.37. The van der Waals surface area contributed by atoms with Gasteiger partial charge < -0.3 is 5.32 Å². The van der Waals surface area contributed by atoms with E-state index in [0.717, 1.165) is 24.6 Å². The number of rotatable bonds is 7. The van der Waals surface area contributed by atoms with E-state index in [9.17, 15) is 26.0 Å². The van der Waals surface area contributed by atoms with Crippen molar-refractivity contribution in [2.45, 2.75) is 31.0 Å². The Morgan fingerprint density at radius 2 is 1.90 bits per heavy atom. The van der Waals surface area contributed by atoms with Gasteiger partial charge in [0, 0.05) is 12.1 Å². The Hall–Kier alpha value is -1.19. The van der Waals surface area contributed by atoms with Crippen molar-refractivity contribution in [2.24, 2.45) is 0 Å². The molecule has 0 radical (unpaired) electrons. The smallest absolute Gasteiger partial charge is 0.313 e. The topological polar surface area (TPSA) is 58.2 Å². The van der Waals surface area contributed by atoms with Gasteiger partial charge in [-0.25, -0.2) is 17.5 Å². The van der Waals surface area contributed by atoms with Gasteiger partial charge in [0.25, 0.3) is 0 Å². The molecule has 0 spiro atoms. The van der Waals surface area contributed by atoms with Gasteiger partial charge in [-0.05, 0) is 31.2 Å². The molecule has 9 heteroatoms. The first-order valence-corrected chi connectivity index (χ1v) is 7.69. The van der Waals surface area contributed by atoms with E-state index in [4.69, 9.17) is 0 Å². The van der Waals surface area contributed by atoms with Gasteiger partial charge in [0.15, 0.2) is 0 Å². The third-order valence-corrected chi connectivity index (χ3v) is 3.93. The molecule has 0 aliphatic rings. The molecule has 0 aliphatic heterocycles. The van der Waals surface area contributed by atoms with E-state index in [0.29, 0.717) is 6.54 Å². The van der Waals surface area contributed by atoms with Crippen LogP contribution in [0.4, 0.5) is 17.6 Å². The van der Waals surface area contributed by atoms with Crippen molar-refractivity contribution in [2.75, 3.05) is 13.1 Å². The van der Waals surface area contributed by atoms with E-state index in [1.807, 2.05) is 6.92 Å². The summed E-state index contributed by atoms with van der Waals surface area (Å²) in [5.41, 5.74) is 0.0818. The van der Waals surface area contributed by atoms with Crippen LogP contribution in [-0.2, 0) is 16.6 Å². The van der Waals surface area contributed by atoms with Crippen LogP contribution in [0.3, 0.4) is 0 Å². The van der Waals surface area contributed by atoms with Gasteiger partial charge in [0.05, 0.1) is 4.90 Å². The van der Waals surface area contributed by atoms with Gasteiger partial charge in [-0.15, -0.1) is 0 Å². The third kappa shape index (κ3) is 5.98. The minimum absolute atomic E-state index is 0.0818. The quantitative estimate of drug-likeness (QED) is 0.596. The fraction of sp³-hybridized carbons (Fsp3) is 0.500. The number of alkyl halides is 3. The maximum Gasteiger partial charge on any atom is 0.402 e. The van der Waals surface area contributed by atoms with Gasteiger partial charge in [-0.2, -0.15) is 13.2 Å². The standard InChI is InChI=1S/C12H16F4N2O2S/c1-2-5-17-7-9-6-10(3-4-11(9)13)21(19,20)18-8-12(14,15)16/h3-4,6,17-18H,2,5,7-8H2,1H3. The fourth-order valence-corrected chi connectivity index (χ4v) is 2.58. The highest BCUT2D eigenvalue weighted by molar-refractivity contribution is 7.89. The highest BCUT2D eigenvalue weighted by atomic mass is 32.2. The predicted octanol–water partition coefficient (Wildman–Crippen LogP) is 2.17. The van der Waals surface area contributed by atoms with Gasteiger partial charge in [0.1, 0.15) is 12.4 Å². The predicted molar refractivity (Wildman–Crippen MR) is 69.6 cm³/mol. The van der Waals surface area contributed by atoms with Crippen LogP contribution >= 0.6 is 0 Å². The van der Waals surface area contributed by atoms with Crippen LogP contribution in [0.1, 0.15) is 18.9 Å². The third-order valence-electron chi connectivity index (χ3n) is 2.53. The van der Waals surface area contributed by atoms with Crippen molar-refractivity contribution in [3.8, 4) is 0 Å². The molecule has 0 unspecified atom stereocenters. The number of halogens is 4. The van der Waals surface area contributed by atoms with Crippen LogP contribution in [0.25, 0.3) is 0 Å². The first-order chi connectivity index (χ1) is 9.65. The first-order valence-electron chi connectivity index (χ1n) is 6.21. The molecule has 2 N–H and O–H groups in total. The van der Waals surface area contributed by atoms with Crippen LogP contribution < -0.4 is 10.0 Å². The van der Waals surface area contributed by atoms with Crippen LogP contribution in [0, 0.1) is 5.82 Å². The number of sulfonamides is 1. The Kier molecular flexibility index (Phi) is 6.11. The van der Waals surface area contributed by atoms with Gasteiger partial charge in [-0.1, -0.05) is 6.92 Å². The second-order valence-corrected chi connectivity index (χ2v) is 6.14. The lowest BCUT2D eigenvalue weighted by Crippen LogP contribution is -2.33. The van der Waals surface area contributed by atoms with E-state index in [2.05, 4.69) is 5.32 Å². The Labute approximate surface area is 120 Å². The summed E-state index contributed by atoms with van der Waals surface area (Å²) in [4.78, 5) is -0.401. The second kappa shape index (κ2) is 7.19. The number of hydrogen-bond donors (Lipinski definition) is 2. The normalized spacial score (nSPS) is 12.6. The lowest BCUT2D eigenvalue weighted by Gasteiger charge is -2.11. The highest BCUT2D eigenvalue weighted by Crippen LogP contribution is 2.17. The van der Waals surface area contributed by atoms with Gasteiger partial charge in [0.2, 0.25) is 10.0 Å². The van der Waals surface area contributed by atoms with E-state index in [1.165, 1.54) is 4.72 Å². The molecule has 1 rings (SSSR count). The molecule has 1 aromatic carbocycles. The zero-order valence-electron chi connectivity index (χ0n) is 11.3. The molecule has 0 aliphatic carbocycles. The lowest BCUT2D eigenvalue weighted by atomic mass is 10.2. The number of nitrogens with one attached hydrogen (secondary N) is 2. The summed E-state index contributed by atoms with van der Waals surface area (Å²) in [5.74, 6) is -0.617. The Balaban J connectivity index is 2.89. The molecule has 0 amide bonds. The molecular formula is C12H16F4N2O2S. The zero-order chi connectivity index (χ0) is 16.1. The SMILES string of the molecule is CCCNCc1cc(S(=O)(=O)NCC(F)(F)F)ccc1F. The van der Waals surface area contributed by atoms with Crippen molar-refractivity contribution in [1.29, 1.82) is 0 Å². The average molecular weight is 328 g/mol. The number of benzene rings is 1. The molecule has 4 nitrogen and oxygen atoms in total. The minimum Gasteiger partial charge on any atom is -0.313 e. The van der Waals surface area contributed by atoms with Crippen molar-refractivity contribution in [1.82, 2.24) is 10.0 Å². The van der Waals surface area contributed by atoms with E-state index in [1.54, 1.807) is 0 Å². The Morgan fingerprint density at radius 3 is 2.48 bits per heavy atom. The maximum atomic E-state index is 13.5. The van der Waals surface area contributed by atoms with Crippen molar-refractivity contribution in [3.05, 3.63) is 29.6 Å². The molecule has 21 heavy (non-hydrogen) atoms. The average Bonchev–Trinajstić information content (AvgIpc) is 2.38. The van der Waals surface area contributed by atoms with E-state index in [-0.39, 0.29) is 12.1 Å². The summed E-state index contributed by atoms with van der Waals surface area (Å²) < 4.78 is 74.6. The molecule has 0 heterocycles. The largest absolute Gasteiger partial charge is 0.402 e. The van der Waals surface area contributed by atoms with Gasteiger partial charge >= 0.3 is 6.18 Å². The highest BCUT2D eigenvalue weighted by Gasteiger charge is 2.30. The molecule has 0 bridgehead atoms. The van der Waals surface area contributed by atoms with Crippen LogP contribution in [0.5, 0.6) is 0 Å². The van der Waals surface area contributed by atoms with Gasteiger partial charge in [-0.3, -0.25) is 0 Å². The minimum atomic E-state index is -4.65. The van der Waals surface area contributed by atoms with Crippen LogP contribution in [0.15, 0.2) is 23.1 Å². The monoisotopic (exact) mass is 328 g/mol. The molecular weight excluding hydrogens is 312 g/mol. The summed E-state index contributed by atoms with van der Waals surface area (Å²) in [6.07, 6.45) is -3.84. The Morgan fingerprint density at radius 1 is 1.24 bits per heavy atom. The molecule has 120 valence electrons. The lowest BCUT2D eigenvalue weighted by molar-refractivity contribution is -0.121. The molecule has 1 aromatic rings. The summed E-state index contributed by atoms with van der Waals surface area (Å²) >= 11 is 0. The molecule has 0 atom stereocenters. The Bertz CT molecular complexity index is 573. The van der Waals surface area contributed by atoms with E-state index < -0.39 is 33.5 Å². The molecule has 0 saturated carbocycles. The van der Waals surface area contributed by atoms with E-state index >= 15 is 0 Å². The molecule has 0 aromatic heterocycles. The molecule has 0 fully saturated rings. The summed E-state index contributed by atoms with van der Waals surface area (Å²) in [5, 5.41) is 2.89. The zero-order valence-corrected chi connectivity index (χ0v) is 12.1. The van der Waals surface area contributed by atoms with Crippen LogP contribution in [-0.4, -0.2) is 27.7 Å². The fourth-order valence-electron chi connectivity index (χ4n) is 1.51. The number of hydrogen-bond acceptors (Lipinski definition) is 3.